The fourth-order valence-electron chi connectivity index (χ4n) is 4.49. The van der Waals surface area contributed by atoms with Crippen molar-refractivity contribution in [3.63, 3.8) is 0 Å². The number of fused-ring (bicyclic) bond motifs is 2. The number of phenols is 1. The fraction of sp³-hybridized carbons (Fsp3) is 0.500. The van der Waals surface area contributed by atoms with Gasteiger partial charge >= 0.3 is 0 Å². The van der Waals surface area contributed by atoms with E-state index >= 15 is 0 Å². The second-order valence-electron chi connectivity index (χ2n) is 9.23. The fourth-order valence-corrected chi connectivity index (χ4v) is 4.49. The van der Waals surface area contributed by atoms with Crippen LogP contribution >= 0.6 is 0 Å². The minimum Gasteiger partial charge on any atom is -0.507 e. The van der Waals surface area contributed by atoms with E-state index in [4.69, 9.17) is 4.98 Å². The van der Waals surface area contributed by atoms with Crippen molar-refractivity contribution in [3.8, 4) is 5.75 Å². The van der Waals surface area contributed by atoms with Crippen molar-refractivity contribution in [3.05, 3.63) is 57.0 Å². The second-order valence-corrected chi connectivity index (χ2v) is 9.23. The Morgan fingerprint density at radius 3 is 2.55 bits per heavy atom. The van der Waals surface area contributed by atoms with Gasteiger partial charge in [-0.1, -0.05) is 20.8 Å². The van der Waals surface area contributed by atoms with Crippen molar-refractivity contribution in [2.24, 2.45) is 0 Å². The molecule has 1 amide bonds. The van der Waals surface area contributed by atoms with Crippen LogP contribution < -0.4 is 5.56 Å². The smallest absolute Gasteiger partial charge is 0.257 e. The Morgan fingerprint density at radius 1 is 1.24 bits per heavy atom. The third-order valence-electron chi connectivity index (χ3n) is 6.28. The highest BCUT2D eigenvalue weighted by Gasteiger charge is 2.45. The predicted molar refractivity (Wildman–Crippen MR) is 107 cm³/mol. The summed E-state index contributed by atoms with van der Waals surface area (Å²) < 4.78 is 13.2. The number of H-pyrrole nitrogens is 1. The molecule has 0 bridgehead atoms. The number of likely N-dealkylation sites (tertiary alicyclic amines) is 1. The lowest BCUT2D eigenvalue weighted by Crippen LogP contribution is -2.45. The molecule has 7 heteroatoms. The van der Waals surface area contributed by atoms with Gasteiger partial charge < -0.3 is 15.0 Å². The molecule has 0 radical (unpaired) electrons. The predicted octanol–water partition coefficient (Wildman–Crippen LogP) is 3.03. The largest absolute Gasteiger partial charge is 0.507 e. The first-order valence-corrected chi connectivity index (χ1v) is 10.0. The quantitative estimate of drug-likeness (QED) is 0.772. The summed E-state index contributed by atoms with van der Waals surface area (Å²) >= 11 is 0. The van der Waals surface area contributed by atoms with Crippen LogP contribution in [-0.4, -0.2) is 39.0 Å². The van der Waals surface area contributed by atoms with E-state index in [1.165, 1.54) is 12.1 Å². The minimum absolute atomic E-state index is 0.0495. The van der Waals surface area contributed by atoms with E-state index in [9.17, 15) is 19.1 Å². The third-order valence-corrected chi connectivity index (χ3v) is 6.28. The summed E-state index contributed by atoms with van der Waals surface area (Å²) in [5.41, 5.74) is 1.28. The summed E-state index contributed by atoms with van der Waals surface area (Å²) in [7, 11) is 0. The zero-order valence-electron chi connectivity index (χ0n) is 17.0. The molecule has 1 aromatic carbocycles. The molecule has 4 rings (SSSR count). The number of aromatic amines is 1. The molecular weight excluding hydrogens is 373 g/mol. The Morgan fingerprint density at radius 2 is 1.93 bits per heavy atom. The monoisotopic (exact) mass is 399 g/mol. The number of halogens is 1. The maximum absolute atomic E-state index is 13.2. The van der Waals surface area contributed by atoms with Crippen molar-refractivity contribution in [1.29, 1.82) is 0 Å². The molecule has 2 aliphatic rings. The first-order valence-electron chi connectivity index (χ1n) is 10.0. The first-order chi connectivity index (χ1) is 13.6. The first kappa shape index (κ1) is 19.6. The van der Waals surface area contributed by atoms with Gasteiger partial charge in [-0.05, 0) is 37.8 Å². The molecule has 0 unspecified atom stereocenters. The van der Waals surface area contributed by atoms with Gasteiger partial charge in [0.1, 0.15) is 17.4 Å². The zero-order valence-corrected chi connectivity index (χ0v) is 17.0. The number of nitrogens with one attached hydrogen (secondary N) is 1. The van der Waals surface area contributed by atoms with Gasteiger partial charge in [-0.3, -0.25) is 9.59 Å². The van der Waals surface area contributed by atoms with Crippen LogP contribution in [0.1, 0.15) is 67.5 Å². The Kier molecular flexibility index (Phi) is 4.52. The average molecular weight is 399 g/mol. The van der Waals surface area contributed by atoms with Crippen molar-refractivity contribution in [1.82, 2.24) is 14.9 Å². The van der Waals surface area contributed by atoms with Crippen molar-refractivity contribution in [2.75, 3.05) is 13.1 Å². The summed E-state index contributed by atoms with van der Waals surface area (Å²) in [6.45, 7) is 7.09. The van der Waals surface area contributed by atoms with E-state index in [0.29, 0.717) is 38.2 Å². The summed E-state index contributed by atoms with van der Waals surface area (Å²) in [4.78, 5) is 34.9. The number of amides is 1. The lowest BCUT2D eigenvalue weighted by molar-refractivity contribution is 0.0660. The lowest BCUT2D eigenvalue weighted by atomic mass is 9.76. The molecule has 1 spiro atoms. The molecule has 0 atom stereocenters. The Bertz CT molecular complexity index is 1030. The Balaban J connectivity index is 1.59. The molecule has 6 nitrogen and oxygen atoms in total. The number of carbonyl (C=O) groups excluding carboxylic acids is 1. The van der Waals surface area contributed by atoms with Gasteiger partial charge in [-0.2, -0.15) is 0 Å². The van der Waals surface area contributed by atoms with Crippen molar-refractivity contribution < 1.29 is 14.3 Å². The van der Waals surface area contributed by atoms with Gasteiger partial charge in [-0.15, -0.1) is 0 Å². The van der Waals surface area contributed by atoms with E-state index in [1.54, 1.807) is 4.90 Å². The number of carbonyl (C=O) groups is 1. The summed E-state index contributed by atoms with van der Waals surface area (Å²) in [5.74, 6) is -0.531. The SMILES string of the molecule is CC(C)(C)c1nc2c(c(=O)[nH]1)CCC21CCN(C(=O)c2ccc(F)cc2O)CC1. The number of hydrogen-bond donors (Lipinski definition) is 2. The molecule has 1 aliphatic carbocycles. The zero-order chi connectivity index (χ0) is 21.0. The number of hydrogen-bond acceptors (Lipinski definition) is 4. The minimum atomic E-state index is -0.579. The van der Waals surface area contributed by atoms with Gasteiger partial charge in [0, 0.05) is 35.5 Å². The van der Waals surface area contributed by atoms with E-state index in [0.717, 1.165) is 23.7 Å². The van der Waals surface area contributed by atoms with Gasteiger partial charge in [0.2, 0.25) is 0 Å². The van der Waals surface area contributed by atoms with E-state index < -0.39 is 5.82 Å². The van der Waals surface area contributed by atoms with Crippen molar-refractivity contribution >= 4 is 5.91 Å². The maximum Gasteiger partial charge on any atom is 0.257 e. The van der Waals surface area contributed by atoms with Crippen LogP contribution in [-0.2, 0) is 17.3 Å². The molecule has 1 saturated heterocycles. The number of aromatic hydroxyl groups is 1. The average Bonchev–Trinajstić information content (AvgIpc) is 3.00. The van der Waals surface area contributed by atoms with E-state index in [2.05, 4.69) is 4.98 Å². The number of piperidine rings is 1. The highest BCUT2D eigenvalue weighted by atomic mass is 19.1. The molecular formula is C22H26FN3O3. The van der Waals surface area contributed by atoms with Crippen LogP contribution in [0.5, 0.6) is 5.75 Å². The van der Waals surface area contributed by atoms with Gasteiger partial charge in [0.05, 0.1) is 11.3 Å². The number of phenolic OH excluding ortho intramolecular Hbond substituents is 1. The van der Waals surface area contributed by atoms with E-state index in [1.807, 2.05) is 20.8 Å². The molecule has 0 saturated carbocycles. The Hall–Kier alpha value is -2.70. The molecule has 2 N–H and O–H groups in total. The van der Waals surface area contributed by atoms with E-state index in [-0.39, 0.29) is 33.6 Å². The Labute approximate surface area is 168 Å². The summed E-state index contributed by atoms with van der Waals surface area (Å²) in [6, 6.07) is 3.45. The van der Waals surface area contributed by atoms with Gasteiger partial charge in [-0.25, -0.2) is 9.37 Å². The highest BCUT2D eigenvalue weighted by molar-refractivity contribution is 5.96. The normalized spacial score (nSPS) is 18.1. The van der Waals surface area contributed by atoms with Crippen LogP contribution in [0.25, 0.3) is 0 Å². The number of rotatable bonds is 1. The summed E-state index contributed by atoms with van der Waals surface area (Å²) in [5, 5.41) is 9.93. The molecule has 29 heavy (non-hydrogen) atoms. The molecule has 2 heterocycles. The lowest BCUT2D eigenvalue weighted by Gasteiger charge is -2.39. The molecule has 2 aromatic rings. The number of nitrogens with zero attached hydrogens (tertiary/aromatic N) is 2. The van der Waals surface area contributed by atoms with Crippen LogP contribution in [0.4, 0.5) is 4.39 Å². The number of benzene rings is 1. The molecule has 1 fully saturated rings. The van der Waals surface area contributed by atoms with Gasteiger partial charge in [0.15, 0.2) is 0 Å². The molecule has 1 aromatic heterocycles. The third kappa shape index (κ3) is 3.32. The standard InChI is InChI=1S/C22H26FN3O3/c1-21(2,3)20-24-17-15(18(28)25-20)6-7-22(17)8-10-26(11-9-22)19(29)14-5-4-13(23)12-16(14)27/h4-5,12,27H,6-11H2,1-3H3,(H,24,25,28). The molecule has 154 valence electrons. The second kappa shape index (κ2) is 6.68. The van der Waals surface area contributed by atoms with Crippen LogP contribution in [0.3, 0.4) is 0 Å². The summed E-state index contributed by atoms with van der Waals surface area (Å²) in [6.07, 6.45) is 2.99. The maximum atomic E-state index is 13.2. The van der Waals surface area contributed by atoms with Crippen LogP contribution in [0, 0.1) is 5.82 Å². The van der Waals surface area contributed by atoms with Gasteiger partial charge in [0.25, 0.3) is 11.5 Å². The molecule has 1 aliphatic heterocycles. The van der Waals surface area contributed by atoms with Crippen LogP contribution in [0.15, 0.2) is 23.0 Å². The highest BCUT2D eigenvalue weighted by Crippen LogP contribution is 2.45. The van der Waals surface area contributed by atoms with Crippen molar-refractivity contribution in [2.45, 2.75) is 57.3 Å². The topological polar surface area (TPSA) is 86.3 Å². The van der Waals surface area contributed by atoms with Crippen LogP contribution in [0.2, 0.25) is 0 Å². The number of aromatic nitrogens is 2.